The van der Waals surface area contributed by atoms with Crippen LogP contribution >= 0.6 is 0 Å². The molecule has 0 bridgehead atoms. The summed E-state index contributed by atoms with van der Waals surface area (Å²) in [5, 5.41) is 15.9. The lowest BCUT2D eigenvalue weighted by atomic mass is 10.1. The zero-order chi connectivity index (χ0) is 11.3. The number of rotatable bonds is 2. The van der Waals surface area contributed by atoms with Gasteiger partial charge in [0.05, 0.1) is 0 Å². The first-order valence-electron chi connectivity index (χ1n) is 4.28. The molecular weight excluding hydrogens is 194 g/mol. The molecule has 0 amide bonds. The van der Waals surface area contributed by atoms with Crippen molar-refractivity contribution in [1.29, 1.82) is 5.41 Å². The molecule has 15 heavy (non-hydrogen) atoms. The Balaban J connectivity index is 2.65. The molecule has 0 aliphatic heterocycles. The van der Waals surface area contributed by atoms with Crippen molar-refractivity contribution in [3.8, 4) is 0 Å². The van der Waals surface area contributed by atoms with Gasteiger partial charge in [0.2, 0.25) is 5.84 Å². The van der Waals surface area contributed by atoms with Crippen LogP contribution in [0.4, 0.5) is 0 Å². The van der Waals surface area contributed by atoms with Crippen molar-refractivity contribution in [2.45, 2.75) is 6.42 Å². The van der Waals surface area contributed by atoms with E-state index in [-0.39, 0.29) is 12.3 Å². The SMILES string of the molecule is N=C(Cc1ccccc1)N=C(N)C(=O)O. The van der Waals surface area contributed by atoms with Gasteiger partial charge in [0.25, 0.3) is 0 Å². The molecule has 1 aromatic rings. The molecule has 0 atom stereocenters. The summed E-state index contributed by atoms with van der Waals surface area (Å²) < 4.78 is 0. The van der Waals surface area contributed by atoms with Gasteiger partial charge < -0.3 is 10.8 Å². The molecule has 5 heteroatoms. The molecule has 0 saturated heterocycles. The monoisotopic (exact) mass is 205 g/mol. The van der Waals surface area contributed by atoms with Crippen molar-refractivity contribution in [3.63, 3.8) is 0 Å². The molecule has 0 saturated carbocycles. The highest BCUT2D eigenvalue weighted by Crippen LogP contribution is 2.00. The molecular formula is C10H11N3O2. The zero-order valence-electron chi connectivity index (χ0n) is 7.97. The number of carboxylic acid groups (broad SMARTS) is 1. The van der Waals surface area contributed by atoms with Gasteiger partial charge in [-0.15, -0.1) is 0 Å². The molecule has 0 spiro atoms. The Labute approximate surface area is 86.8 Å². The molecule has 0 aliphatic rings. The first-order valence-corrected chi connectivity index (χ1v) is 4.28. The number of benzene rings is 1. The van der Waals surface area contributed by atoms with Gasteiger partial charge in [-0.05, 0) is 5.56 Å². The Bertz CT molecular complexity index is 398. The maximum Gasteiger partial charge on any atom is 0.371 e. The predicted molar refractivity (Wildman–Crippen MR) is 57.1 cm³/mol. The third-order valence-electron chi connectivity index (χ3n) is 1.69. The third-order valence-corrected chi connectivity index (χ3v) is 1.69. The van der Waals surface area contributed by atoms with E-state index in [2.05, 4.69) is 4.99 Å². The van der Waals surface area contributed by atoms with Crippen LogP contribution in [0.5, 0.6) is 0 Å². The standard InChI is InChI=1S/C10H11N3O2/c11-8(13-9(12)10(14)15)6-7-4-2-1-3-5-7/h1-5H,6H2,(H,14,15)(H3,11,12,13). The number of amidine groups is 2. The van der Waals surface area contributed by atoms with E-state index < -0.39 is 11.8 Å². The summed E-state index contributed by atoms with van der Waals surface area (Å²) in [6, 6.07) is 9.21. The fourth-order valence-corrected chi connectivity index (χ4v) is 1.02. The van der Waals surface area contributed by atoms with Crippen LogP contribution in [0, 0.1) is 5.41 Å². The number of hydrogen-bond donors (Lipinski definition) is 3. The van der Waals surface area contributed by atoms with E-state index >= 15 is 0 Å². The Morgan fingerprint density at radius 3 is 2.53 bits per heavy atom. The summed E-state index contributed by atoms with van der Waals surface area (Å²) in [7, 11) is 0. The number of hydrogen-bond acceptors (Lipinski definition) is 2. The summed E-state index contributed by atoms with van der Waals surface area (Å²) in [6.45, 7) is 0. The minimum absolute atomic E-state index is 0.0684. The molecule has 5 nitrogen and oxygen atoms in total. The second-order valence-electron chi connectivity index (χ2n) is 2.91. The van der Waals surface area contributed by atoms with Crippen LogP contribution in [-0.4, -0.2) is 22.7 Å². The van der Waals surface area contributed by atoms with Crippen LogP contribution in [0.25, 0.3) is 0 Å². The lowest BCUT2D eigenvalue weighted by Gasteiger charge is -1.99. The maximum atomic E-state index is 10.3. The molecule has 0 heterocycles. The van der Waals surface area contributed by atoms with Gasteiger partial charge in [0.1, 0.15) is 5.84 Å². The Morgan fingerprint density at radius 1 is 1.40 bits per heavy atom. The number of aliphatic carboxylic acids is 1. The minimum Gasteiger partial charge on any atom is -0.475 e. The maximum absolute atomic E-state index is 10.3. The van der Waals surface area contributed by atoms with Crippen molar-refractivity contribution in [2.24, 2.45) is 10.7 Å². The smallest absolute Gasteiger partial charge is 0.371 e. The van der Waals surface area contributed by atoms with Crippen molar-refractivity contribution in [2.75, 3.05) is 0 Å². The molecule has 0 aromatic heterocycles. The third kappa shape index (κ3) is 3.60. The highest BCUT2D eigenvalue weighted by molar-refractivity contribution is 6.35. The number of nitrogens with one attached hydrogen (secondary N) is 1. The molecule has 0 fully saturated rings. The summed E-state index contributed by atoms with van der Waals surface area (Å²) in [5.74, 6) is -1.94. The number of carbonyl (C=O) groups is 1. The van der Waals surface area contributed by atoms with Crippen LogP contribution in [-0.2, 0) is 11.2 Å². The zero-order valence-corrected chi connectivity index (χ0v) is 7.97. The highest BCUT2D eigenvalue weighted by atomic mass is 16.4. The lowest BCUT2D eigenvalue weighted by molar-refractivity contribution is -0.129. The highest BCUT2D eigenvalue weighted by Gasteiger charge is 2.04. The molecule has 78 valence electrons. The number of aliphatic imine (C=N–C) groups is 1. The second kappa shape index (κ2) is 4.90. The molecule has 0 radical (unpaired) electrons. The van der Waals surface area contributed by atoms with E-state index in [4.69, 9.17) is 16.2 Å². The average Bonchev–Trinajstić information content (AvgIpc) is 2.18. The van der Waals surface area contributed by atoms with Gasteiger partial charge in [-0.3, -0.25) is 5.41 Å². The fraction of sp³-hybridized carbons (Fsp3) is 0.100. The predicted octanol–water partition coefficient (Wildman–Crippen LogP) is 0.648. The summed E-state index contributed by atoms with van der Waals surface area (Å²) in [6.07, 6.45) is 0.273. The molecule has 0 aliphatic carbocycles. The Kier molecular flexibility index (Phi) is 3.56. The largest absolute Gasteiger partial charge is 0.475 e. The van der Waals surface area contributed by atoms with Gasteiger partial charge >= 0.3 is 5.97 Å². The second-order valence-corrected chi connectivity index (χ2v) is 2.91. The fourth-order valence-electron chi connectivity index (χ4n) is 1.02. The van der Waals surface area contributed by atoms with Gasteiger partial charge in [-0.2, -0.15) is 0 Å². The van der Waals surface area contributed by atoms with E-state index in [1.807, 2.05) is 30.3 Å². The van der Waals surface area contributed by atoms with Crippen molar-refractivity contribution in [3.05, 3.63) is 35.9 Å². The minimum atomic E-state index is -1.31. The normalized spacial score (nSPS) is 11.1. The van der Waals surface area contributed by atoms with E-state index in [1.165, 1.54) is 0 Å². The van der Waals surface area contributed by atoms with Gasteiger partial charge in [0.15, 0.2) is 0 Å². The van der Waals surface area contributed by atoms with Crippen LogP contribution in [0.2, 0.25) is 0 Å². The lowest BCUT2D eigenvalue weighted by Crippen LogP contribution is -2.24. The van der Waals surface area contributed by atoms with Crippen LogP contribution < -0.4 is 5.73 Å². The molecule has 1 rings (SSSR count). The quantitative estimate of drug-likeness (QED) is 0.488. The van der Waals surface area contributed by atoms with Crippen molar-refractivity contribution < 1.29 is 9.90 Å². The summed E-state index contributed by atoms with van der Waals surface area (Å²) >= 11 is 0. The molecule has 0 unspecified atom stereocenters. The molecule has 1 aromatic carbocycles. The van der Waals surface area contributed by atoms with Crippen LogP contribution in [0.3, 0.4) is 0 Å². The summed E-state index contributed by atoms with van der Waals surface area (Å²) in [5.41, 5.74) is 5.97. The number of carboxylic acids is 1. The number of nitrogens with zero attached hydrogens (tertiary/aromatic N) is 1. The number of nitrogens with two attached hydrogens (primary N) is 1. The van der Waals surface area contributed by atoms with Gasteiger partial charge in [-0.25, -0.2) is 9.79 Å². The first-order chi connectivity index (χ1) is 7.09. The summed E-state index contributed by atoms with van der Waals surface area (Å²) in [4.78, 5) is 13.8. The van der Waals surface area contributed by atoms with Gasteiger partial charge in [-0.1, -0.05) is 30.3 Å². The van der Waals surface area contributed by atoms with E-state index in [9.17, 15) is 4.79 Å². The van der Waals surface area contributed by atoms with Crippen LogP contribution in [0.15, 0.2) is 35.3 Å². The van der Waals surface area contributed by atoms with Crippen molar-refractivity contribution in [1.82, 2.24) is 0 Å². The molecule has 4 N–H and O–H groups in total. The van der Waals surface area contributed by atoms with Crippen LogP contribution in [0.1, 0.15) is 5.56 Å². The van der Waals surface area contributed by atoms with Crippen molar-refractivity contribution >= 4 is 17.6 Å². The van der Waals surface area contributed by atoms with E-state index in [0.717, 1.165) is 5.56 Å². The first kappa shape index (κ1) is 10.9. The Hall–Kier alpha value is -2.17. The average molecular weight is 205 g/mol. The topological polar surface area (TPSA) is 99.5 Å². The van der Waals surface area contributed by atoms with E-state index in [0.29, 0.717) is 0 Å². The Morgan fingerprint density at radius 2 is 2.00 bits per heavy atom. The van der Waals surface area contributed by atoms with E-state index in [1.54, 1.807) is 0 Å². The van der Waals surface area contributed by atoms with Gasteiger partial charge in [0, 0.05) is 6.42 Å².